The molecule has 3 fully saturated rings. The largest absolute Gasteiger partial charge is 0.462 e. The van der Waals surface area contributed by atoms with E-state index in [1.807, 2.05) is 0 Å². The number of esters is 1. The van der Waals surface area contributed by atoms with Crippen LogP contribution in [0.5, 0.6) is 0 Å². The molecule has 0 amide bonds. The van der Waals surface area contributed by atoms with Gasteiger partial charge in [0.1, 0.15) is 6.10 Å². The first-order chi connectivity index (χ1) is 16.6. The summed E-state index contributed by atoms with van der Waals surface area (Å²) in [5, 5.41) is 5.35. The second-order valence-corrected chi connectivity index (χ2v) is 11.9. The predicted molar refractivity (Wildman–Crippen MR) is 137 cm³/mol. The molecular weight excluding hydrogens is 420 g/mol. The summed E-state index contributed by atoms with van der Waals surface area (Å²) in [4.78, 5) is 13.1. The van der Waals surface area contributed by atoms with Gasteiger partial charge >= 0.3 is 5.97 Å². The first-order valence-electron chi connectivity index (χ1n) is 14.2. The van der Waals surface area contributed by atoms with Gasteiger partial charge in [-0.25, -0.2) is 0 Å². The van der Waals surface area contributed by atoms with E-state index in [-0.39, 0.29) is 18.0 Å². The molecule has 2 saturated carbocycles. The van der Waals surface area contributed by atoms with E-state index in [1.54, 1.807) is 11.3 Å². The molecule has 1 aliphatic heterocycles. The summed E-state index contributed by atoms with van der Waals surface area (Å²) >= 11 is 0. The average Bonchev–Trinajstić information content (AvgIpc) is 3.20. The summed E-state index contributed by atoms with van der Waals surface area (Å²) in [5.74, 6) is 1.12. The number of aromatic nitrogens is 1. The Bertz CT molecular complexity index is 1040. The maximum Gasteiger partial charge on any atom is 0.310 e. The molecule has 3 atom stereocenters. The van der Waals surface area contributed by atoms with Crippen LogP contribution < -0.4 is 5.32 Å². The number of nitrogens with one attached hydrogen (secondary N) is 1. The number of benzene rings is 1. The van der Waals surface area contributed by atoms with Gasteiger partial charge in [-0.15, -0.1) is 0 Å². The van der Waals surface area contributed by atoms with Crippen LogP contribution in [0.2, 0.25) is 0 Å². The van der Waals surface area contributed by atoms with E-state index < -0.39 is 0 Å². The molecule has 1 aromatic carbocycles. The van der Waals surface area contributed by atoms with Crippen molar-refractivity contribution >= 4 is 16.9 Å². The van der Waals surface area contributed by atoms with Crippen molar-refractivity contribution in [2.75, 3.05) is 6.54 Å². The van der Waals surface area contributed by atoms with Crippen LogP contribution in [0.4, 0.5) is 0 Å². The normalized spacial score (nSPS) is 28.3. The van der Waals surface area contributed by atoms with Crippen LogP contribution >= 0.6 is 0 Å². The number of rotatable bonds is 4. The fourth-order valence-electron chi connectivity index (χ4n) is 7.77. The summed E-state index contributed by atoms with van der Waals surface area (Å²) in [6, 6.07) is 7.86. The maximum atomic E-state index is 13.1. The lowest BCUT2D eigenvalue weighted by Crippen LogP contribution is -2.49. The van der Waals surface area contributed by atoms with Crippen molar-refractivity contribution in [1.82, 2.24) is 9.88 Å². The zero-order chi connectivity index (χ0) is 23.2. The minimum atomic E-state index is -0.0232. The molecule has 2 heterocycles. The van der Waals surface area contributed by atoms with Gasteiger partial charge in [0.2, 0.25) is 0 Å². The Labute approximate surface area is 204 Å². The topological polar surface area (TPSA) is 43.3 Å². The lowest BCUT2D eigenvalue weighted by Gasteiger charge is -2.40. The van der Waals surface area contributed by atoms with E-state index in [4.69, 9.17) is 4.74 Å². The number of carbonyl (C=O) groups is 1. The molecule has 184 valence electrons. The molecule has 6 rings (SSSR count). The standard InChI is InChI=1S/C30H42N2O2/c1-19(2)32-27-15-9-14-23-24-16-21(30(33)34-22-12-7-4-8-13-22)18-31-26(24)17-25(28(23)27)29(32)20-10-5-3-6-11-20/h9,14-15,19-22,24,26,31H,3-8,10-13,16-18H2,1-2H3/t21-,24?,26-/m1/s1. The van der Waals surface area contributed by atoms with Gasteiger partial charge in [-0.2, -0.15) is 0 Å². The summed E-state index contributed by atoms with van der Waals surface area (Å²) in [5.41, 5.74) is 6.15. The highest BCUT2D eigenvalue weighted by atomic mass is 16.5. The predicted octanol–water partition coefficient (Wildman–Crippen LogP) is 6.76. The zero-order valence-corrected chi connectivity index (χ0v) is 21.2. The van der Waals surface area contributed by atoms with Crippen molar-refractivity contribution < 1.29 is 9.53 Å². The van der Waals surface area contributed by atoms with Crippen LogP contribution in [0.1, 0.15) is 119 Å². The molecule has 34 heavy (non-hydrogen) atoms. The second kappa shape index (κ2) is 9.33. The van der Waals surface area contributed by atoms with Crippen LogP contribution in [0, 0.1) is 5.92 Å². The molecule has 4 aliphatic rings. The smallest absolute Gasteiger partial charge is 0.310 e. The van der Waals surface area contributed by atoms with Gasteiger partial charge in [-0.3, -0.25) is 4.79 Å². The van der Waals surface area contributed by atoms with Crippen LogP contribution in [0.25, 0.3) is 10.9 Å². The summed E-state index contributed by atoms with van der Waals surface area (Å²) in [6.07, 6.45) is 14.8. The highest BCUT2D eigenvalue weighted by Crippen LogP contribution is 2.48. The van der Waals surface area contributed by atoms with Gasteiger partial charge in [-0.05, 0) is 88.3 Å². The van der Waals surface area contributed by atoms with Crippen molar-refractivity contribution in [2.45, 2.75) is 121 Å². The molecule has 0 radical (unpaired) electrons. The lowest BCUT2D eigenvalue weighted by molar-refractivity contribution is -0.156. The van der Waals surface area contributed by atoms with E-state index in [0.717, 1.165) is 32.2 Å². The fourth-order valence-corrected chi connectivity index (χ4v) is 7.77. The molecule has 1 aromatic heterocycles. The van der Waals surface area contributed by atoms with Crippen molar-refractivity contribution in [3.8, 4) is 0 Å². The van der Waals surface area contributed by atoms with E-state index in [2.05, 4.69) is 41.9 Å². The average molecular weight is 463 g/mol. The molecule has 1 saturated heterocycles. The first-order valence-corrected chi connectivity index (χ1v) is 14.2. The highest BCUT2D eigenvalue weighted by Gasteiger charge is 2.42. The fraction of sp³-hybridized carbons (Fsp3) is 0.700. The number of hydrogen-bond donors (Lipinski definition) is 1. The number of fused-ring (bicyclic) bond motifs is 2. The van der Waals surface area contributed by atoms with E-state index in [0.29, 0.717) is 23.9 Å². The van der Waals surface area contributed by atoms with E-state index >= 15 is 0 Å². The summed E-state index contributed by atoms with van der Waals surface area (Å²) < 4.78 is 8.68. The Hall–Kier alpha value is -1.81. The first kappa shape index (κ1) is 22.6. The number of hydrogen-bond acceptors (Lipinski definition) is 3. The number of ether oxygens (including phenoxy) is 1. The minimum Gasteiger partial charge on any atom is -0.462 e. The van der Waals surface area contributed by atoms with Crippen LogP contribution in [0.3, 0.4) is 0 Å². The van der Waals surface area contributed by atoms with Crippen LogP contribution in [-0.2, 0) is 16.0 Å². The molecule has 0 bridgehead atoms. The van der Waals surface area contributed by atoms with Gasteiger partial charge in [0.15, 0.2) is 0 Å². The van der Waals surface area contributed by atoms with Crippen LogP contribution in [0.15, 0.2) is 18.2 Å². The van der Waals surface area contributed by atoms with Gasteiger partial charge < -0.3 is 14.6 Å². The Morgan fingerprint density at radius 1 is 1.03 bits per heavy atom. The third-order valence-electron chi connectivity index (χ3n) is 9.36. The van der Waals surface area contributed by atoms with E-state index in [1.165, 1.54) is 67.8 Å². The Morgan fingerprint density at radius 3 is 2.50 bits per heavy atom. The monoisotopic (exact) mass is 462 g/mol. The summed E-state index contributed by atoms with van der Waals surface area (Å²) in [6.45, 7) is 5.47. The Kier molecular flexibility index (Phi) is 6.22. The molecule has 1 N–H and O–H groups in total. The molecule has 3 aliphatic carbocycles. The lowest BCUT2D eigenvalue weighted by atomic mass is 9.72. The Morgan fingerprint density at radius 2 is 1.76 bits per heavy atom. The number of piperidine rings is 1. The quantitative estimate of drug-likeness (QED) is 0.510. The zero-order valence-electron chi connectivity index (χ0n) is 21.2. The van der Waals surface area contributed by atoms with Crippen molar-refractivity contribution in [3.05, 3.63) is 35.0 Å². The number of carbonyl (C=O) groups excluding carboxylic acids is 1. The van der Waals surface area contributed by atoms with Gasteiger partial charge in [-0.1, -0.05) is 37.8 Å². The molecule has 4 nitrogen and oxygen atoms in total. The minimum absolute atomic E-state index is 0.0232. The molecule has 4 heteroatoms. The second-order valence-electron chi connectivity index (χ2n) is 11.9. The van der Waals surface area contributed by atoms with Gasteiger partial charge in [0, 0.05) is 41.1 Å². The Balaban J connectivity index is 1.33. The SMILES string of the molecule is CC(C)n1c(C2CCCCC2)c2c3c(cccc31)C1C[C@@H](C(=O)OC3CCCCC3)CN[C@@H]1C2. The molecular formula is C30H42N2O2. The van der Waals surface area contributed by atoms with Gasteiger partial charge in [0.05, 0.1) is 5.92 Å². The molecule has 2 aromatic rings. The van der Waals surface area contributed by atoms with Crippen LogP contribution in [-0.4, -0.2) is 29.2 Å². The van der Waals surface area contributed by atoms with Crippen molar-refractivity contribution in [2.24, 2.45) is 5.92 Å². The summed E-state index contributed by atoms with van der Waals surface area (Å²) in [7, 11) is 0. The number of nitrogens with zero attached hydrogens (tertiary/aromatic N) is 1. The van der Waals surface area contributed by atoms with Gasteiger partial charge in [0.25, 0.3) is 0 Å². The van der Waals surface area contributed by atoms with Crippen molar-refractivity contribution in [1.29, 1.82) is 0 Å². The third kappa shape index (κ3) is 3.90. The third-order valence-corrected chi connectivity index (χ3v) is 9.36. The highest BCUT2D eigenvalue weighted by molar-refractivity contribution is 5.91. The van der Waals surface area contributed by atoms with Crippen molar-refractivity contribution in [3.63, 3.8) is 0 Å². The maximum absolute atomic E-state index is 13.1. The molecule has 0 spiro atoms. The van der Waals surface area contributed by atoms with E-state index in [9.17, 15) is 4.79 Å². The molecule has 1 unspecified atom stereocenters.